The minimum atomic E-state index is -0.715. The molecule has 0 saturated carbocycles. The number of hydrogen-bond acceptors (Lipinski definition) is 5. The second-order valence-corrected chi connectivity index (χ2v) is 6.05. The molecule has 25 heavy (non-hydrogen) atoms. The van der Waals surface area contributed by atoms with Gasteiger partial charge in [0, 0.05) is 13.1 Å². The third-order valence-corrected chi connectivity index (χ3v) is 4.11. The summed E-state index contributed by atoms with van der Waals surface area (Å²) in [6.07, 6.45) is 0.530. The zero-order chi connectivity index (χ0) is 18.0. The number of aromatic nitrogens is 2. The van der Waals surface area contributed by atoms with Gasteiger partial charge in [0.1, 0.15) is 11.9 Å². The summed E-state index contributed by atoms with van der Waals surface area (Å²) in [6, 6.07) is 6.74. The SMILES string of the molecule is NC(=O)c1cc(Cl)nnc1NC1CCN(Cc2ccc(F)cc2)C1=O. The number of nitrogens with one attached hydrogen (secondary N) is 1. The Morgan fingerprint density at radius 3 is 2.76 bits per heavy atom. The van der Waals surface area contributed by atoms with E-state index in [1.54, 1.807) is 17.0 Å². The molecule has 7 nitrogen and oxygen atoms in total. The number of primary amides is 1. The molecule has 9 heteroatoms. The van der Waals surface area contributed by atoms with Crippen molar-refractivity contribution in [2.75, 3.05) is 11.9 Å². The van der Waals surface area contributed by atoms with Gasteiger partial charge in [0.2, 0.25) is 5.91 Å². The lowest BCUT2D eigenvalue weighted by molar-refractivity contribution is -0.128. The smallest absolute Gasteiger partial charge is 0.252 e. The van der Waals surface area contributed by atoms with Gasteiger partial charge in [-0.15, -0.1) is 10.2 Å². The zero-order valence-electron chi connectivity index (χ0n) is 13.1. The summed E-state index contributed by atoms with van der Waals surface area (Å²) in [5.41, 5.74) is 6.21. The van der Waals surface area contributed by atoms with Gasteiger partial charge in [-0.05, 0) is 30.2 Å². The second-order valence-electron chi connectivity index (χ2n) is 5.67. The Hall–Kier alpha value is -2.74. The van der Waals surface area contributed by atoms with Crippen molar-refractivity contribution in [3.8, 4) is 0 Å². The average molecular weight is 364 g/mol. The van der Waals surface area contributed by atoms with Crippen LogP contribution in [0.25, 0.3) is 0 Å². The molecule has 2 heterocycles. The molecular formula is C16H15ClFN5O2. The summed E-state index contributed by atoms with van der Waals surface area (Å²) < 4.78 is 13.0. The van der Waals surface area contributed by atoms with E-state index in [1.165, 1.54) is 18.2 Å². The van der Waals surface area contributed by atoms with Crippen LogP contribution in [0.5, 0.6) is 0 Å². The molecule has 1 aromatic carbocycles. The first-order valence-corrected chi connectivity index (χ1v) is 7.94. The van der Waals surface area contributed by atoms with Crippen LogP contribution in [-0.2, 0) is 11.3 Å². The van der Waals surface area contributed by atoms with Crippen LogP contribution in [0.1, 0.15) is 22.3 Å². The van der Waals surface area contributed by atoms with Gasteiger partial charge in [0.05, 0.1) is 5.56 Å². The minimum Gasteiger partial charge on any atom is -0.365 e. The molecule has 0 bridgehead atoms. The molecule has 1 saturated heterocycles. The first-order valence-electron chi connectivity index (χ1n) is 7.57. The van der Waals surface area contributed by atoms with Crippen molar-refractivity contribution in [1.82, 2.24) is 15.1 Å². The number of halogens is 2. The lowest BCUT2D eigenvalue weighted by atomic mass is 10.2. The molecule has 1 atom stereocenters. The summed E-state index contributed by atoms with van der Waals surface area (Å²) in [5.74, 6) is -1.06. The number of benzene rings is 1. The van der Waals surface area contributed by atoms with Crippen molar-refractivity contribution in [2.24, 2.45) is 5.73 Å². The molecule has 1 aliphatic rings. The van der Waals surface area contributed by atoms with Crippen LogP contribution >= 0.6 is 11.6 Å². The number of hydrogen-bond donors (Lipinski definition) is 2. The maximum absolute atomic E-state index is 13.0. The predicted molar refractivity (Wildman–Crippen MR) is 89.4 cm³/mol. The molecule has 130 valence electrons. The molecule has 0 radical (unpaired) electrons. The Kier molecular flexibility index (Phi) is 4.80. The maximum Gasteiger partial charge on any atom is 0.252 e. The quantitative estimate of drug-likeness (QED) is 0.839. The third-order valence-electron chi connectivity index (χ3n) is 3.92. The number of amides is 2. The van der Waals surface area contributed by atoms with Crippen LogP contribution in [0.15, 0.2) is 30.3 Å². The minimum absolute atomic E-state index is 0.0371. The summed E-state index contributed by atoms with van der Waals surface area (Å²) in [5, 5.41) is 10.4. The van der Waals surface area contributed by atoms with E-state index in [-0.39, 0.29) is 28.3 Å². The van der Waals surface area contributed by atoms with Gasteiger partial charge in [-0.25, -0.2) is 4.39 Å². The molecular weight excluding hydrogens is 349 g/mol. The fourth-order valence-electron chi connectivity index (χ4n) is 2.67. The van der Waals surface area contributed by atoms with E-state index in [1.807, 2.05) is 0 Å². The average Bonchev–Trinajstić information content (AvgIpc) is 2.91. The first-order chi connectivity index (χ1) is 11.9. The fraction of sp³-hybridized carbons (Fsp3) is 0.250. The van der Waals surface area contributed by atoms with Gasteiger partial charge in [0.15, 0.2) is 11.0 Å². The second kappa shape index (κ2) is 7.02. The number of carbonyl (C=O) groups is 2. The number of rotatable bonds is 5. The largest absolute Gasteiger partial charge is 0.365 e. The number of nitrogens with two attached hydrogens (primary N) is 1. The molecule has 2 amide bonds. The van der Waals surface area contributed by atoms with Gasteiger partial charge >= 0.3 is 0 Å². The van der Waals surface area contributed by atoms with Gasteiger partial charge < -0.3 is 16.0 Å². The Morgan fingerprint density at radius 1 is 1.36 bits per heavy atom. The van der Waals surface area contributed by atoms with E-state index in [2.05, 4.69) is 15.5 Å². The van der Waals surface area contributed by atoms with E-state index < -0.39 is 11.9 Å². The summed E-state index contributed by atoms with van der Waals surface area (Å²) in [6.45, 7) is 0.910. The normalized spacial score (nSPS) is 17.0. The summed E-state index contributed by atoms with van der Waals surface area (Å²) >= 11 is 5.72. The molecule has 3 N–H and O–H groups in total. The van der Waals surface area contributed by atoms with Crippen molar-refractivity contribution in [2.45, 2.75) is 19.0 Å². The van der Waals surface area contributed by atoms with Gasteiger partial charge in [-0.1, -0.05) is 23.7 Å². The number of likely N-dealkylation sites (tertiary alicyclic amines) is 1. The van der Waals surface area contributed by atoms with Crippen LogP contribution in [-0.4, -0.2) is 39.5 Å². The summed E-state index contributed by atoms with van der Waals surface area (Å²) in [7, 11) is 0. The molecule has 1 aromatic heterocycles. The molecule has 1 unspecified atom stereocenters. The predicted octanol–water partition coefficient (Wildman–Crippen LogP) is 1.58. The molecule has 3 rings (SSSR count). The molecule has 1 aliphatic heterocycles. The first kappa shape index (κ1) is 17.1. The van der Waals surface area contributed by atoms with E-state index in [0.717, 1.165) is 5.56 Å². The topological polar surface area (TPSA) is 101 Å². The highest BCUT2D eigenvalue weighted by Gasteiger charge is 2.32. The highest BCUT2D eigenvalue weighted by Crippen LogP contribution is 2.21. The molecule has 0 spiro atoms. The highest BCUT2D eigenvalue weighted by molar-refractivity contribution is 6.29. The van der Waals surface area contributed by atoms with Crippen molar-refractivity contribution in [3.63, 3.8) is 0 Å². The molecule has 1 fully saturated rings. The lowest BCUT2D eigenvalue weighted by Gasteiger charge is -2.18. The number of nitrogens with zero attached hydrogens (tertiary/aromatic N) is 3. The van der Waals surface area contributed by atoms with E-state index in [4.69, 9.17) is 17.3 Å². The Balaban J connectivity index is 1.70. The summed E-state index contributed by atoms with van der Waals surface area (Å²) in [4.78, 5) is 25.7. The van der Waals surface area contributed by atoms with Crippen LogP contribution < -0.4 is 11.1 Å². The van der Waals surface area contributed by atoms with Crippen LogP contribution in [0.4, 0.5) is 10.2 Å². The van der Waals surface area contributed by atoms with Crippen molar-refractivity contribution < 1.29 is 14.0 Å². The number of anilines is 1. The third kappa shape index (κ3) is 3.85. The molecule has 2 aromatic rings. The van der Waals surface area contributed by atoms with Crippen LogP contribution in [0.2, 0.25) is 5.15 Å². The lowest BCUT2D eigenvalue weighted by Crippen LogP contribution is -2.34. The number of carbonyl (C=O) groups excluding carboxylic acids is 2. The van der Waals surface area contributed by atoms with E-state index in [0.29, 0.717) is 19.5 Å². The van der Waals surface area contributed by atoms with E-state index in [9.17, 15) is 14.0 Å². The zero-order valence-corrected chi connectivity index (χ0v) is 13.8. The van der Waals surface area contributed by atoms with Crippen molar-refractivity contribution in [1.29, 1.82) is 0 Å². The fourth-order valence-corrected chi connectivity index (χ4v) is 2.81. The van der Waals surface area contributed by atoms with Gasteiger partial charge in [-0.2, -0.15) is 0 Å². The standard InChI is InChI=1S/C16H15ClFN5O2/c17-13-7-11(14(19)24)15(22-21-13)20-12-5-6-23(16(12)25)8-9-1-3-10(18)4-2-9/h1-4,7,12H,5-6,8H2,(H2,19,24)(H,20,22). The Bertz CT molecular complexity index is 815. The Morgan fingerprint density at radius 2 is 2.08 bits per heavy atom. The van der Waals surface area contributed by atoms with E-state index >= 15 is 0 Å². The highest BCUT2D eigenvalue weighted by atomic mass is 35.5. The maximum atomic E-state index is 13.0. The van der Waals surface area contributed by atoms with Gasteiger partial charge in [0.25, 0.3) is 5.91 Å². The van der Waals surface area contributed by atoms with Crippen LogP contribution in [0.3, 0.4) is 0 Å². The van der Waals surface area contributed by atoms with Crippen molar-refractivity contribution >= 4 is 29.2 Å². The van der Waals surface area contributed by atoms with Crippen LogP contribution in [0, 0.1) is 5.82 Å². The van der Waals surface area contributed by atoms with Crippen molar-refractivity contribution in [3.05, 3.63) is 52.4 Å². The van der Waals surface area contributed by atoms with Gasteiger partial charge in [-0.3, -0.25) is 9.59 Å². The molecule has 0 aliphatic carbocycles. The monoisotopic (exact) mass is 363 g/mol. The Labute approximate surface area is 148 Å².